The van der Waals surface area contributed by atoms with Crippen LogP contribution in [0, 0.1) is 6.17 Å². The van der Waals surface area contributed by atoms with Gasteiger partial charge in [0.1, 0.15) is 0 Å². The molecule has 0 aromatic heterocycles. The highest BCUT2D eigenvalue weighted by Crippen LogP contribution is 2.64. The Morgan fingerprint density at radius 1 is 0.290 bits per heavy atom. The molecule has 0 N–H and O–H groups in total. The molecule has 0 aliphatic rings. The largest absolute Gasteiger partial charge is 0.460 e. The highest BCUT2D eigenvalue weighted by molar-refractivity contribution is 5.21. The van der Waals surface area contributed by atoms with Gasteiger partial charge in [0.15, 0.2) is 0 Å². The maximum absolute atomic E-state index is 13.1. The standard InChI is InChI=1S/C10F21/c11-1(3(14,15)5(18,19)9(26,27)28)2(12,13)4(16,17)6(20,21)7(22,23)8(24,25)10(29,30)31. The molecule has 0 unspecified atom stereocenters. The minimum Gasteiger partial charge on any atom is -0.226 e. The molecule has 0 saturated heterocycles. The van der Waals surface area contributed by atoms with Crippen molar-refractivity contribution in [3.05, 3.63) is 6.17 Å². The van der Waals surface area contributed by atoms with Crippen LogP contribution in [0.15, 0.2) is 0 Å². The number of hydrogen-bond acceptors (Lipinski definition) is 0. The minimum atomic E-state index is -8.89. The van der Waals surface area contributed by atoms with E-state index in [1.165, 1.54) is 0 Å². The van der Waals surface area contributed by atoms with Gasteiger partial charge in [-0.2, -0.15) is 87.8 Å². The second kappa shape index (κ2) is 7.01. The molecule has 1 radical (unpaired) electrons. The lowest BCUT2D eigenvalue weighted by molar-refractivity contribution is -0.444. The molecular weight excluding hydrogens is 519 g/mol. The second-order valence-electron chi connectivity index (χ2n) is 5.33. The zero-order valence-corrected chi connectivity index (χ0v) is 12.9. The first-order valence-electron chi connectivity index (χ1n) is 6.22. The van der Waals surface area contributed by atoms with E-state index in [-0.39, 0.29) is 0 Å². The summed E-state index contributed by atoms with van der Waals surface area (Å²) in [4.78, 5) is 0. The Morgan fingerprint density at radius 2 is 0.516 bits per heavy atom. The molecule has 0 spiro atoms. The van der Waals surface area contributed by atoms with Crippen molar-refractivity contribution in [1.29, 1.82) is 0 Å². The lowest BCUT2D eigenvalue weighted by Crippen LogP contribution is -2.72. The Kier molecular flexibility index (Phi) is 6.68. The molecular formula is C10F21. The number of rotatable bonds is 7. The van der Waals surface area contributed by atoms with E-state index >= 15 is 0 Å². The SMILES string of the molecule is F[C](C(F)(F)C(F)(F)C(F)(F)F)C(F)(F)C(F)(F)C(F)(F)C(F)(F)C(F)(F)C(F)(F)F. The predicted octanol–water partition coefficient (Wildman–Crippen LogP) is 7.06. The number of halogens is 21. The maximum Gasteiger partial charge on any atom is 0.460 e. The van der Waals surface area contributed by atoms with Gasteiger partial charge in [0, 0.05) is 0 Å². The van der Waals surface area contributed by atoms with Crippen LogP contribution in [-0.2, 0) is 0 Å². The molecule has 0 fully saturated rings. The van der Waals surface area contributed by atoms with Crippen LogP contribution in [0.25, 0.3) is 0 Å². The van der Waals surface area contributed by atoms with Gasteiger partial charge in [-0.1, -0.05) is 0 Å². The first kappa shape index (κ1) is 29.5. The first-order valence-corrected chi connectivity index (χ1v) is 6.22. The average Bonchev–Trinajstić information content (AvgIpc) is 2.50. The van der Waals surface area contributed by atoms with Crippen molar-refractivity contribution in [2.45, 2.75) is 53.8 Å². The quantitative estimate of drug-likeness (QED) is 0.316. The molecule has 31 heavy (non-hydrogen) atoms. The third-order valence-electron chi connectivity index (χ3n) is 3.24. The summed E-state index contributed by atoms with van der Waals surface area (Å²) in [6.45, 7) is 0. The minimum absolute atomic E-state index is 6.10. The normalized spacial score (nSPS) is 16.8. The molecule has 0 aliphatic heterocycles. The fraction of sp³-hybridized carbons (Fsp3) is 0.900. The zero-order chi connectivity index (χ0) is 26.1. The molecule has 0 heterocycles. The lowest BCUT2D eigenvalue weighted by atomic mass is 9.89. The van der Waals surface area contributed by atoms with E-state index in [1.807, 2.05) is 0 Å². The van der Waals surface area contributed by atoms with Gasteiger partial charge in [0.2, 0.25) is 0 Å². The van der Waals surface area contributed by atoms with E-state index in [0.717, 1.165) is 0 Å². The van der Waals surface area contributed by atoms with Gasteiger partial charge in [-0.3, -0.25) is 0 Å². The summed E-state index contributed by atoms with van der Waals surface area (Å²) < 4.78 is 263. The van der Waals surface area contributed by atoms with Gasteiger partial charge in [0.05, 0.1) is 0 Å². The molecule has 0 nitrogen and oxygen atoms in total. The van der Waals surface area contributed by atoms with Crippen molar-refractivity contribution in [2.24, 2.45) is 0 Å². The van der Waals surface area contributed by atoms with E-state index < -0.39 is 60.0 Å². The molecule has 0 bridgehead atoms. The summed E-state index contributed by atoms with van der Waals surface area (Å²) in [5.74, 6) is -59.8. The van der Waals surface area contributed by atoms with Crippen LogP contribution in [0.2, 0.25) is 0 Å². The van der Waals surface area contributed by atoms with Gasteiger partial charge >= 0.3 is 53.8 Å². The van der Waals surface area contributed by atoms with E-state index in [4.69, 9.17) is 0 Å². The molecule has 0 aromatic carbocycles. The molecule has 0 saturated carbocycles. The van der Waals surface area contributed by atoms with Gasteiger partial charge in [-0.25, -0.2) is 4.39 Å². The highest BCUT2D eigenvalue weighted by atomic mass is 19.4. The van der Waals surface area contributed by atoms with E-state index in [9.17, 15) is 92.2 Å². The van der Waals surface area contributed by atoms with E-state index in [0.29, 0.717) is 0 Å². The van der Waals surface area contributed by atoms with Crippen molar-refractivity contribution in [3.8, 4) is 0 Å². The van der Waals surface area contributed by atoms with E-state index in [2.05, 4.69) is 0 Å². The summed E-state index contributed by atoms with van der Waals surface area (Å²) in [5, 5.41) is 0. The maximum atomic E-state index is 13.1. The van der Waals surface area contributed by atoms with Crippen LogP contribution in [-0.4, -0.2) is 53.8 Å². The molecule has 0 aromatic rings. The van der Waals surface area contributed by atoms with Crippen LogP contribution < -0.4 is 0 Å². The van der Waals surface area contributed by atoms with Crippen LogP contribution >= 0.6 is 0 Å². The summed E-state index contributed by atoms with van der Waals surface area (Å²) in [6.07, 6.45) is -21.8. The fourth-order valence-electron chi connectivity index (χ4n) is 1.42. The van der Waals surface area contributed by atoms with Crippen molar-refractivity contribution >= 4 is 0 Å². The van der Waals surface area contributed by atoms with Crippen molar-refractivity contribution in [1.82, 2.24) is 0 Å². The second-order valence-corrected chi connectivity index (χ2v) is 5.33. The van der Waals surface area contributed by atoms with Gasteiger partial charge in [-0.05, 0) is 0 Å². The number of hydrogen-bond donors (Lipinski definition) is 0. The monoisotopic (exact) mass is 519 g/mol. The zero-order valence-electron chi connectivity index (χ0n) is 12.9. The van der Waals surface area contributed by atoms with Gasteiger partial charge in [0.25, 0.3) is 6.17 Å². The van der Waals surface area contributed by atoms with Crippen LogP contribution in [0.1, 0.15) is 0 Å². The number of alkyl halides is 20. The molecule has 187 valence electrons. The Hall–Kier alpha value is -1.47. The van der Waals surface area contributed by atoms with Crippen LogP contribution in [0.5, 0.6) is 0 Å². The molecule has 0 amide bonds. The molecule has 21 heteroatoms. The third kappa shape index (κ3) is 3.71. The van der Waals surface area contributed by atoms with Crippen molar-refractivity contribution < 1.29 is 92.2 Å². The Morgan fingerprint density at radius 3 is 0.774 bits per heavy atom. The van der Waals surface area contributed by atoms with Crippen LogP contribution in [0.4, 0.5) is 92.2 Å². The summed E-state index contributed by atoms with van der Waals surface area (Å²) in [5.41, 5.74) is 0. The summed E-state index contributed by atoms with van der Waals surface area (Å²) in [7, 11) is 0. The Balaban J connectivity index is 6.72. The summed E-state index contributed by atoms with van der Waals surface area (Å²) in [6, 6.07) is 0. The smallest absolute Gasteiger partial charge is 0.226 e. The van der Waals surface area contributed by atoms with Crippen molar-refractivity contribution in [2.75, 3.05) is 0 Å². The molecule has 0 aliphatic carbocycles. The average molecular weight is 519 g/mol. The molecule has 0 rings (SSSR count). The fourth-order valence-corrected chi connectivity index (χ4v) is 1.42. The van der Waals surface area contributed by atoms with Crippen LogP contribution in [0.3, 0.4) is 0 Å². The predicted molar refractivity (Wildman–Crippen MR) is 51.1 cm³/mol. The van der Waals surface area contributed by atoms with Gasteiger partial charge < -0.3 is 0 Å². The first-order chi connectivity index (χ1) is 12.9. The lowest BCUT2D eigenvalue weighted by Gasteiger charge is -2.41. The van der Waals surface area contributed by atoms with Gasteiger partial charge in [-0.15, -0.1) is 0 Å². The van der Waals surface area contributed by atoms with Crippen molar-refractivity contribution in [3.63, 3.8) is 0 Å². The van der Waals surface area contributed by atoms with E-state index in [1.54, 1.807) is 0 Å². The summed E-state index contributed by atoms with van der Waals surface area (Å²) >= 11 is 0. The Bertz CT molecular complexity index is 646. The highest BCUT2D eigenvalue weighted by Gasteiger charge is 2.94. The third-order valence-corrected chi connectivity index (χ3v) is 3.24. The topological polar surface area (TPSA) is 0 Å². The molecule has 0 atom stereocenters. The Labute approximate surface area is 153 Å².